The molecule has 1 N–H and O–H groups in total. The van der Waals surface area contributed by atoms with Crippen molar-refractivity contribution >= 4 is 46.6 Å². The minimum Gasteiger partial charge on any atom is -0.326 e. The second kappa shape index (κ2) is 8.22. The topological polar surface area (TPSA) is 92.6 Å². The van der Waals surface area contributed by atoms with Crippen molar-refractivity contribution in [1.29, 1.82) is 0 Å². The summed E-state index contributed by atoms with van der Waals surface area (Å²) in [6.45, 7) is 1.79. The molecule has 28 heavy (non-hydrogen) atoms. The fourth-order valence-corrected chi connectivity index (χ4v) is 3.43. The van der Waals surface area contributed by atoms with Crippen LogP contribution in [-0.4, -0.2) is 29.2 Å². The molecule has 2 aromatic carbocycles. The monoisotopic (exact) mass is 399 g/mol. The van der Waals surface area contributed by atoms with Crippen LogP contribution in [0.1, 0.15) is 24.0 Å². The third kappa shape index (κ3) is 4.20. The Morgan fingerprint density at radius 2 is 2.11 bits per heavy atom. The molecule has 2 amide bonds. The Morgan fingerprint density at radius 3 is 2.79 bits per heavy atom. The van der Waals surface area contributed by atoms with Crippen molar-refractivity contribution in [3.8, 4) is 0 Å². The predicted molar refractivity (Wildman–Crippen MR) is 109 cm³/mol. The summed E-state index contributed by atoms with van der Waals surface area (Å²) in [7, 11) is 0. The second-order valence-electron chi connectivity index (χ2n) is 6.44. The van der Waals surface area contributed by atoms with E-state index in [0.717, 1.165) is 11.1 Å². The number of hydrogen-bond acceptors (Lipinski definition) is 4. The SMILES string of the molecule is CC(=O)Nc1cccc(C=CC(=O)N2CC(CCl)c3ccc([N+](=O)[O-])cc32)c1. The van der Waals surface area contributed by atoms with Crippen molar-refractivity contribution in [3.63, 3.8) is 0 Å². The summed E-state index contributed by atoms with van der Waals surface area (Å²) in [5.41, 5.74) is 2.65. The molecule has 0 radical (unpaired) electrons. The number of carbonyl (C=O) groups is 2. The third-order valence-electron chi connectivity index (χ3n) is 4.44. The Balaban J connectivity index is 1.84. The van der Waals surface area contributed by atoms with Crippen LogP contribution in [0.3, 0.4) is 0 Å². The van der Waals surface area contributed by atoms with Gasteiger partial charge in [-0.2, -0.15) is 0 Å². The molecule has 0 aliphatic carbocycles. The van der Waals surface area contributed by atoms with Crippen LogP contribution in [0.15, 0.2) is 48.5 Å². The van der Waals surface area contributed by atoms with Crippen molar-refractivity contribution in [2.24, 2.45) is 0 Å². The first-order chi connectivity index (χ1) is 13.4. The minimum absolute atomic E-state index is 0.0706. The molecule has 2 aromatic rings. The number of anilines is 2. The zero-order valence-electron chi connectivity index (χ0n) is 15.1. The van der Waals surface area contributed by atoms with Gasteiger partial charge in [0.25, 0.3) is 11.6 Å². The van der Waals surface area contributed by atoms with Gasteiger partial charge in [0.1, 0.15) is 0 Å². The van der Waals surface area contributed by atoms with E-state index < -0.39 is 4.92 Å². The van der Waals surface area contributed by atoms with E-state index in [0.29, 0.717) is 23.8 Å². The quantitative estimate of drug-likeness (QED) is 0.356. The van der Waals surface area contributed by atoms with Gasteiger partial charge in [-0.3, -0.25) is 19.7 Å². The molecule has 1 atom stereocenters. The van der Waals surface area contributed by atoms with Crippen LogP contribution in [-0.2, 0) is 9.59 Å². The van der Waals surface area contributed by atoms with Gasteiger partial charge in [0, 0.05) is 49.2 Å². The highest BCUT2D eigenvalue weighted by molar-refractivity contribution is 6.18. The summed E-state index contributed by atoms with van der Waals surface area (Å²) in [6.07, 6.45) is 3.05. The lowest BCUT2D eigenvalue weighted by molar-refractivity contribution is -0.384. The Labute approximate surface area is 166 Å². The summed E-state index contributed by atoms with van der Waals surface area (Å²) < 4.78 is 0. The summed E-state index contributed by atoms with van der Waals surface area (Å²) in [4.78, 5) is 36.0. The normalized spacial score (nSPS) is 15.5. The molecule has 0 aromatic heterocycles. The number of rotatable bonds is 5. The van der Waals surface area contributed by atoms with Crippen LogP contribution >= 0.6 is 11.6 Å². The zero-order valence-corrected chi connectivity index (χ0v) is 15.8. The number of amides is 2. The number of halogens is 1. The summed E-state index contributed by atoms with van der Waals surface area (Å²) in [6, 6.07) is 11.6. The van der Waals surface area contributed by atoms with Crippen LogP contribution in [0.25, 0.3) is 6.08 Å². The first-order valence-electron chi connectivity index (χ1n) is 8.60. The largest absolute Gasteiger partial charge is 0.326 e. The van der Waals surface area contributed by atoms with Gasteiger partial charge < -0.3 is 10.2 Å². The van der Waals surface area contributed by atoms with Crippen molar-refractivity contribution in [2.75, 3.05) is 22.6 Å². The lowest BCUT2D eigenvalue weighted by atomic mass is 10.0. The first-order valence-corrected chi connectivity index (χ1v) is 9.14. The third-order valence-corrected chi connectivity index (χ3v) is 4.81. The van der Waals surface area contributed by atoms with Gasteiger partial charge in [-0.05, 0) is 35.4 Å². The summed E-state index contributed by atoms with van der Waals surface area (Å²) in [5, 5.41) is 13.8. The molecule has 0 saturated heterocycles. The smallest absolute Gasteiger partial charge is 0.271 e. The number of fused-ring (bicyclic) bond motifs is 1. The molecule has 0 bridgehead atoms. The molecule has 1 aliphatic heterocycles. The number of nitrogens with one attached hydrogen (secondary N) is 1. The van der Waals surface area contributed by atoms with Gasteiger partial charge in [0.05, 0.1) is 10.6 Å². The molecule has 3 rings (SSSR count). The highest BCUT2D eigenvalue weighted by Crippen LogP contribution is 2.39. The average Bonchev–Trinajstić information content (AvgIpc) is 3.04. The van der Waals surface area contributed by atoms with Crippen LogP contribution < -0.4 is 10.2 Å². The van der Waals surface area contributed by atoms with E-state index in [9.17, 15) is 19.7 Å². The molecule has 1 unspecified atom stereocenters. The van der Waals surface area contributed by atoms with Crippen LogP contribution in [0.2, 0.25) is 0 Å². The van der Waals surface area contributed by atoms with Gasteiger partial charge in [0.2, 0.25) is 5.91 Å². The van der Waals surface area contributed by atoms with Crippen molar-refractivity contribution < 1.29 is 14.5 Å². The molecule has 0 saturated carbocycles. The number of nitro groups is 1. The van der Waals surface area contributed by atoms with E-state index in [1.165, 1.54) is 30.0 Å². The van der Waals surface area contributed by atoms with Gasteiger partial charge in [-0.1, -0.05) is 12.1 Å². The highest BCUT2D eigenvalue weighted by atomic mass is 35.5. The average molecular weight is 400 g/mol. The van der Waals surface area contributed by atoms with E-state index in [1.807, 2.05) is 0 Å². The number of nitro benzene ring substituents is 1. The van der Waals surface area contributed by atoms with Crippen LogP contribution in [0, 0.1) is 10.1 Å². The summed E-state index contributed by atoms with van der Waals surface area (Å²) in [5.74, 6) is -0.228. The number of nitrogens with zero attached hydrogens (tertiary/aromatic N) is 2. The molecule has 1 aliphatic rings. The number of benzene rings is 2. The van der Waals surface area contributed by atoms with Gasteiger partial charge >= 0.3 is 0 Å². The van der Waals surface area contributed by atoms with Gasteiger partial charge in [-0.15, -0.1) is 11.6 Å². The van der Waals surface area contributed by atoms with E-state index >= 15 is 0 Å². The maximum atomic E-state index is 12.7. The maximum absolute atomic E-state index is 12.7. The van der Waals surface area contributed by atoms with Crippen molar-refractivity contribution in [2.45, 2.75) is 12.8 Å². The second-order valence-corrected chi connectivity index (χ2v) is 6.75. The number of hydrogen-bond donors (Lipinski definition) is 1. The standard InChI is InChI=1S/C20H18ClN3O4/c1-13(25)22-16-4-2-3-14(9-16)5-8-20(26)23-12-15(11-21)18-7-6-17(24(27)28)10-19(18)23/h2-10,15H,11-12H2,1H3,(H,22,25). The molecular weight excluding hydrogens is 382 g/mol. The number of non-ortho nitro benzene ring substituents is 1. The van der Waals surface area contributed by atoms with Crippen molar-refractivity contribution in [1.82, 2.24) is 0 Å². The first kappa shape index (κ1) is 19.6. The lowest BCUT2D eigenvalue weighted by Crippen LogP contribution is -2.28. The van der Waals surface area contributed by atoms with Gasteiger partial charge in [0.15, 0.2) is 0 Å². The Kier molecular flexibility index (Phi) is 5.75. The molecular formula is C20H18ClN3O4. The van der Waals surface area contributed by atoms with Crippen LogP contribution in [0.4, 0.5) is 17.1 Å². The Hall–Kier alpha value is -3.19. The molecule has 0 fully saturated rings. The molecule has 1 heterocycles. The minimum atomic E-state index is -0.486. The molecule has 144 valence electrons. The van der Waals surface area contributed by atoms with Crippen LogP contribution in [0.5, 0.6) is 0 Å². The fourth-order valence-electron chi connectivity index (χ4n) is 3.16. The molecule has 8 heteroatoms. The molecule has 7 nitrogen and oxygen atoms in total. The number of carbonyl (C=O) groups excluding carboxylic acids is 2. The lowest BCUT2D eigenvalue weighted by Gasteiger charge is -2.15. The van der Waals surface area contributed by atoms with Gasteiger partial charge in [-0.25, -0.2) is 0 Å². The fraction of sp³-hybridized carbons (Fsp3) is 0.200. The zero-order chi connectivity index (χ0) is 20.3. The Bertz CT molecular complexity index is 974. The number of alkyl halides is 1. The van der Waals surface area contributed by atoms with Crippen molar-refractivity contribution in [3.05, 3.63) is 69.8 Å². The van der Waals surface area contributed by atoms with E-state index in [2.05, 4.69) is 5.32 Å². The summed E-state index contributed by atoms with van der Waals surface area (Å²) >= 11 is 6.02. The van der Waals surface area contributed by atoms with E-state index in [1.54, 1.807) is 36.4 Å². The predicted octanol–water partition coefficient (Wildman–Crippen LogP) is 3.94. The Morgan fingerprint density at radius 1 is 1.32 bits per heavy atom. The maximum Gasteiger partial charge on any atom is 0.271 e. The molecule has 0 spiro atoms. The highest BCUT2D eigenvalue weighted by Gasteiger charge is 2.32. The van der Waals surface area contributed by atoms with E-state index in [4.69, 9.17) is 11.6 Å². The van der Waals surface area contributed by atoms with E-state index in [-0.39, 0.29) is 23.4 Å².